The highest BCUT2D eigenvalue weighted by Crippen LogP contribution is 2.00. The molecule has 0 aliphatic carbocycles. The largest absolute Gasteiger partial charge is 0.299 e. The fourth-order valence-electron chi connectivity index (χ4n) is 0.975. The van der Waals surface area contributed by atoms with Crippen LogP contribution in [0.2, 0.25) is 0 Å². The molecule has 5 nitrogen and oxygen atoms in total. The number of aryl methyl sites for hydroxylation is 1. The second-order valence-electron chi connectivity index (χ2n) is 2.95. The molecule has 1 aromatic heterocycles. The second-order valence-corrected chi connectivity index (χ2v) is 2.95. The first-order chi connectivity index (χ1) is 6.67. The molecule has 0 N–H and O–H groups in total. The number of hydrogen-bond donors (Lipinski definition) is 0. The number of hydrogen-bond acceptors (Lipinski definition) is 4. The van der Waals surface area contributed by atoms with E-state index in [1.807, 2.05) is 6.92 Å². The zero-order chi connectivity index (χ0) is 10.6. The van der Waals surface area contributed by atoms with Crippen molar-refractivity contribution in [3.63, 3.8) is 0 Å². The zero-order valence-electron chi connectivity index (χ0n) is 8.36. The van der Waals surface area contributed by atoms with Gasteiger partial charge in [0.2, 0.25) is 0 Å². The number of Topliss-reactive ketones (excluding diaryl/α,β-unsaturated/α-hetero) is 2. The lowest BCUT2D eigenvalue weighted by Gasteiger charge is -1.92. The molecular formula is C9H13N3O2. The Morgan fingerprint density at radius 2 is 2.14 bits per heavy atom. The molecule has 0 saturated heterocycles. The van der Waals surface area contributed by atoms with Gasteiger partial charge in [0.05, 0.1) is 12.6 Å². The number of nitrogens with zero attached hydrogens (tertiary/aromatic N) is 3. The van der Waals surface area contributed by atoms with Gasteiger partial charge in [0.25, 0.3) is 0 Å². The monoisotopic (exact) mass is 195 g/mol. The molecular weight excluding hydrogens is 182 g/mol. The Kier molecular flexibility index (Phi) is 3.50. The van der Waals surface area contributed by atoms with Crippen LogP contribution in [0.15, 0.2) is 6.20 Å². The Morgan fingerprint density at radius 1 is 1.43 bits per heavy atom. The van der Waals surface area contributed by atoms with Gasteiger partial charge in [-0.15, -0.1) is 5.10 Å². The van der Waals surface area contributed by atoms with E-state index in [0.29, 0.717) is 13.0 Å². The first kappa shape index (κ1) is 10.6. The molecule has 0 aliphatic rings. The summed E-state index contributed by atoms with van der Waals surface area (Å²) in [6.45, 7) is 4.31. The van der Waals surface area contributed by atoms with E-state index in [1.54, 1.807) is 17.8 Å². The maximum absolute atomic E-state index is 11.4. The van der Waals surface area contributed by atoms with Crippen molar-refractivity contribution in [2.24, 2.45) is 0 Å². The Labute approximate surface area is 82.1 Å². The number of aromatic nitrogens is 3. The van der Waals surface area contributed by atoms with Crippen LogP contribution in [0.5, 0.6) is 0 Å². The van der Waals surface area contributed by atoms with Gasteiger partial charge >= 0.3 is 0 Å². The lowest BCUT2D eigenvalue weighted by molar-refractivity contribution is -0.117. The van der Waals surface area contributed by atoms with E-state index in [9.17, 15) is 9.59 Å². The van der Waals surface area contributed by atoms with Crippen molar-refractivity contribution in [1.82, 2.24) is 15.0 Å². The summed E-state index contributed by atoms with van der Waals surface area (Å²) in [6.07, 6.45) is 1.87. The number of carbonyl (C=O) groups is 2. The van der Waals surface area contributed by atoms with E-state index >= 15 is 0 Å². The van der Waals surface area contributed by atoms with Crippen LogP contribution in [0, 0.1) is 0 Å². The van der Waals surface area contributed by atoms with Crippen molar-refractivity contribution < 1.29 is 9.59 Å². The minimum absolute atomic E-state index is 0.0685. The van der Waals surface area contributed by atoms with Gasteiger partial charge < -0.3 is 0 Å². The van der Waals surface area contributed by atoms with Gasteiger partial charge in [-0.05, 0) is 6.92 Å². The molecule has 0 bridgehead atoms. The highest BCUT2D eigenvalue weighted by atomic mass is 16.1. The van der Waals surface area contributed by atoms with Crippen LogP contribution < -0.4 is 0 Å². The summed E-state index contributed by atoms with van der Waals surface area (Å²) in [5, 5.41) is 7.41. The van der Waals surface area contributed by atoms with Gasteiger partial charge in [-0.1, -0.05) is 12.1 Å². The molecule has 0 fully saturated rings. The van der Waals surface area contributed by atoms with Crippen LogP contribution in [0.3, 0.4) is 0 Å². The fraction of sp³-hybridized carbons (Fsp3) is 0.556. The normalized spacial score (nSPS) is 10.1. The standard InChI is InChI=1S/C9H13N3O2/c1-3-7(13)5-9(14)8-6-12(4-2)11-10-8/h6H,3-5H2,1-2H3. The van der Waals surface area contributed by atoms with Crippen molar-refractivity contribution in [1.29, 1.82) is 0 Å². The van der Waals surface area contributed by atoms with E-state index in [0.717, 1.165) is 0 Å². The van der Waals surface area contributed by atoms with Crippen molar-refractivity contribution in [2.45, 2.75) is 33.2 Å². The zero-order valence-corrected chi connectivity index (χ0v) is 8.36. The minimum atomic E-state index is -0.253. The van der Waals surface area contributed by atoms with Crippen molar-refractivity contribution in [3.8, 4) is 0 Å². The predicted octanol–water partition coefficient (Wildman–Crippen LogP) is 0.850. The molecule has 0 radical (unpaired) electrons. The second kappa shape index (κ2) is 4.64. The molecule has 1 heterocycles. The van der Waals surface area contributed by atoms with E-state index in [1.165, 1.54) is 0 Å². The summed E-state index contributed by atoms with van der Waals surface area (Å²) in [6, 6.07) is 0. The smallest absolute Gasteiger partial charge is 0.192 e. The Bertz CT molecular complexity index is 344. The Morgan fingerprint density at radius 3 is 2.64 bits per heavy atom. The highest BCUT2D eigenvalue weighted by molar-refractivity contribution is 6.06. The average molecular weight is 195 g/mol. The summed E-state index contributed by atoms with van der Waals surface area (Å²) in [5.74, 6) is -0.322. The predicted molar refractivity (Wildman–Crippen MR) is 49.9 cm³/mol. The molecule has 1 rings (SSSR count). The third-order valence-corrected chi connectivity index (χ3v) is 1.90. The number of rotatable bonds is 5. The third kappa shape index (κ3) is 2.48. The molecule has 0 amide bonds. The summed E-state index contributed by atoms with van der Waals surface area (Å²) in [7, 11) is 0. The Balaban J connectivity index is 2.65. The quantitative estimate of drug-likeness (QED) is 0.516. The van der Waals surface area contributed by atoms with Crippen molar-refractivity contribution >= 4 is 11.6 Å². The van der Waals surface area contributed by atoms with Gasteiger partial charge in [-0.3, -0.25) is 14.3 Å². The van der Waals surface area contributed by atoms with Crippen LogP contribution in [-0.2, 0) is 11.3 Å². The average Bonchev–Trinajstić information content (AvgIpc) is 2.65. The lowest BCUT2D eigenvalue weighted by atomic mass is 10.1. The van der Waals surface area contributed by atoms with Crippen LogP contribution in [-0.4, -0.2) is 26.6 Å². The van der Waals surface area contributed by atoms with Gasteiger partial charge in [0.15, 0.2) is 5.78 Å². The fourth-order valence-corrected chi connectivity index (χ4v) is 0.975. The summed E-state index contributed by atoms with van der Waals surface area (Å²) in [5.41, 5.74) is 0.272. The highest BCUT2D eigenvalue weighted by Gasteiger charge is 2.13. The van der Waals surface area contributed by atoms with E-state index in [-0.39, 0.29) is 23.7 Å². The molecule has 0 unspecified atom stereocenters. The van der Waals surface area contributed by atoms with Gasteiger partial charge in [0, 0.05) is 13.0 Å². The van der Waals surface area contributed by atoms with E-state index < -0.39 is 0 Å². The molecule has 0 aromatic carbocycles. The minimum Gasteiger partial charge on any atom is -0.299 e. The summed E-state index contributed by atoms with van der Waals surface area (Å²) in [4.78, 5) is 22.4. The van der Waals surface area contributed by atoms with Crippen molar-refractivity contribution in [2.75, 3.05) is 0 Å². The third-order valence-electron chi connectivity index (χ3n) is 1.90. The molecule has 0 aliphatic heterocycles. The molecule has 14 heavy (non-hydrogen) atoms. The number of ketones is 2. The first-order valence-electron chi connectivity index (χ1n) is 4.62. The summed E-state index contributed by atoms with van der Waals surface area (Å²) >= 11 is 0. The van der Waals surface area contributed by atoms with Crippen LogP contribution in [0.1, 0.15) is 37.2 Å². The van der Waals surface area contributed by atoms with Crippen LogP contribution in [0.25, 0.3) is 0 Å². The van der Waals surface area contributed by atoms with Crippen LogP contribution in [0.4, 0.5) is 0 Å². The van der Waals surface area contributed by atoms with Gasteiger partial charge in [0.1, 0.15) is 11.5 Å². The maximum Gasteiger partial charge on any atom is 0.192 e. The van der Waals surface area contributed by atoms with E-state index in [2.05, 4.69) is 10.3 Å². The number of carbonyl (C=O) groups excluding carboxylic acids is 2. The van der Waals surface area contributed by atoms with Crippen molar-refractivity contribution in [3.05, 3.63) is 11.9 Å². The molecule has 0 saturated carbocycles. The van der Waals surface area contributed by atoms with Gasteiger partial charge in [-0.2, -0.15) is 0 Å². The maximum atomic E-state index is 11.4. The van der Waals surface area contributed by atoms with Gasteiger partial charge in [-0.25, -0.2) is 0 Å². The van der Waals surface area contributed by atoms with Crippen LogP contribution >= 0.6 is 0 Å². The lowest BCUT2D eigenvalue weighted by Crippen LogP contribution is -2.07. The topological polar surface area (TPSA) is 64.8 Å². The molecule has 76 valence electrons. The summed E-state index contributed by atoms with van der Waals surface area (Å²) < 4.78 is 1.56. The molecule has 0 atom stereocenters. The van der Waals surface area contributed by atoms with E-state index in [4.69, 9.17) is 0 Å². The molecule has 0 spiro atoms. The Hall–Kier alpha value is -1.52. The molecule has 1 aromatic rings. The first-order valence-corrected chi connectivity index (χ1v) is 4.62. The SMILES string of the molecule is CCC(=O)CC(=O)c1cn(CC)nn1. The molecule has 5 heteroatoms.